The molecule has 6 nitrogen and oxygen atoms in total. The summed E-state index contributed by atoms with van der Waals surface area (Å²) in [5, 5.41) is 4.61. The fourth-order valence-corrected chi connectivity index (χ4v) is 3.47. The van der Waals surface area contributed by atoms with Crippen molar-refractivity contribution in [3.8, 4) is 11.1 Å². The summed E-state index contributed by atoms with van der Waals surface area (Å²) in [4.78, 5) is 22.8. The zero-order valence-electron chi connectivity index (χ0n) is 16.4. The lowest BCUT2D eigenvalue weighted by atomic mass is 9.70. The molecule has 3 heterocycles. The van der Waals surface area contributed by atoms with Gasteiger partial charge in [0.2, 0.25) is 5.91 Å². The molecule has 0 aliphatic carbocycles. The molecule has 1 amide bonds. The Kier molecular flexibility index (Phi) is 5.97. The van der Waals surface area contributed by atoms with Crippen molar-refractivity contribution in [3.05, 3.63) is 30.5 Å². The van der Waals surface area contributed by atoms with Gasteiger partial charge in [-0.1, -0.05) is 23.1 Å². The quantitative estimate of drug-likeness (QED) is 0.512. The van der Waals surface area contributed by atoms with Gasteiger partial charge < -0.3 is 10.1 Å². The number of morpholine rings is 1. The average molecular weight is 388 g/mol. The molecular weight excluding hydrogens is 371 g/mol. The number of carbonyl (C=O) groups excluding carboxylic acids is 1. The van der Waals surface area contributed by atoms with Crippen molar-refractivity contribution in [3.63, 3.8) is 0 Å². The number of carbonyl (C=O) groups is 1. The summed E-state index contributed by atoms with van der Waals surface area (Å²) in [5.74, 6) is 0.345. The van der Waals surface area contributed by atoms with E-state index in [1.54, 1.807) is 12.3 Å². The van der Waals surface area contributed by atoms with Crippen molar-refractivity contribution in [2.24, 2.45) is 0 Å². The third kappa shape index (κ3) is 4.30. The predicted octanol–water partition coefficient (Wildman–Crippen LogP) is -2.26. The fourth-order valence-electron chi connectivity index (χ4n) is 3.47. The van der Waals surface area contributed by atoms with Crippen molar-refractivity contribution >= 4 is 76.0 Å². The Balaban J connectivity index is 1.60. The zero-order valence-corrected chi connectivity index (χ0v) is 16.4. The monoisotopic (exact) mass is 388 g/mol. The van der Waals surface area contributed by atoms with Gasteiger partial charge in [-0.2, -0.15) is 0 Å². The van der Waals surface area contributed by atoms with Gasteiger partial charge in [-0.25, -0.2) is 4.98 Å². The Labute approximate surface area is 180 Å². The molecule has 0 spiro atoms. The van der Waals surface area contributed by atoms with Crippen LogP contribution in [0.5, 0.6) is 0 Å². The van der Waals surface area contributed by atoms with Crippen LogP contribution < -0.4 is 27.4 Å². The normalized spacial score (nSPS) is 14.7. The summed E-state index contributed by atoms with van der Waals surface area (Å²) in [7, 11) is 23.8. The minimum atomic E-state index is -0.121. The molecule has 1 aliphatic heterocycles. The molecule has 0 atom stereocenters. The zero-order chi connectivity index (χ0) is 21.3. The van der Waals surface area contributed by atoms with Crippen molar-refractivity contribution in [2.45, 2.75) is 0 Å². The molecule has 30 heavy (non-hydrogen) atoms. The first-order valence-corrected chi connectivity index (χ1v) is 9.52. The summed E-state index contributed by atoms with van der Waals surface area (Å²) in [6, 6.07) is 7.45. The van der Waals surface area contributed by atoms with E-state index in [1.807, 2.05) is 23.1 Å². The van der Waals surface area contributed by atoms with E-state index in [0.29, 0.717) is 31.1 Å². The number of ether oxygens (including phenoxy) is 1. The second kappa shape index (κ2) is 8.66. The van der Waals surface area contributed by atoms with Crippen molar-refractivity contribution in [1.29, 1.82) is 0 Å². The summed E-state index contributed by atoms with van der Waals surface area (Å²) in [6.45, 7) is 3.06. The van der Waals surface area contributed by atoms with Crippen molar-refractivity contribution in [2.75, 3.05) is 38.2 Å². The minimum absolute atomic E-state index is 0.101. The van der Waals surface area contributed by atoms with Crippen LogP contribution in [-0.4, -0.2) is 85.0 Å². The summed E-state index contributed by atoms with van der Waals surface area (Å²) >= 11 is 0. The summed E-state index contributed by atoms with van der Waals surface area (Å²) in [6.07, 6.45) is 1.70. The SMILES string of the molecule is [B]c1nc([B])c(-c2ccc3cnc(NC(=O)CN4CCOCC4)cc3c2)c([B])c1[B]. The van der Waals surface area contributed by atoms with Gasteiger partial charge in [0.25, 0.3) is 0 Å². The first-order valence-electron chi connectivity index (χ1n) is 9.52. The molecule has 1 aromatic carbocycles. The van der Waals surface area contributed by atoms with Crippen LogP contribution in [0, 0.1) is 0 Å². The highest BCUT2D eigenvalue weighted by Crippen LogP contribution is 2.23. The molecule has 1 aliphatic rings. The Morgan fingerprint density at radius 1 is 1.03 bits per heavy atom. The first kappa shape index (κ1) is 20.7. The van der Waals surface area contributed by atoms with Crippen LogP contribution in [0.3, 0.4) is 0 Å². The smallest absolute Gasteiger partial charge is 0.239 e. The molecule has 1 fully saturated rings. The van der Waals surface area contributed by atoms with E-state index in [-0.39, 0.29) is 28.0 Å². The van der Waals surface area contributed by atoms with Crippen LogP contribution in [-0.2, 0) is 9.53 Å². The Morgan fingerprint density at radius 3 is 2.57 bits per heavy atom. The molecule has 4 rings (SSSR count). The number of amides is 1. The second-order valence-corrected chi connectivity index (χ2v) is 7.15. The van der Waals surface area contributed by atoms with Crippen LogP contribution >= 0.6 is 0 Å². The molecule has 140 valence electrons. The van der Waals surface area contributed by atoms with Crippen LogP contribution in [0.15, 0.2) is 30.5 Å². The van der Waals surface area contributed by atoms with E-state index < -0.39 is 0 Å². The molecule has 1 N–H and O–H groups in total. The number of fused-ring (bicyclic) bond motifs is 1. The maximum absolute atomic E-state index is 12.4. The van der Waals surface area contributed by atoms with E-state index in [4.69, 9.17) is 36.1 Å². The lowest BCUT2D eigenvalue weighted by Gasteiger charge is -2.25. The number of hydrogen-bond donors (Lipinski definition) is 1. The maximum atomic E-state index is 12.4. The molecular formula is C20H16B4N4O2. The third-order valence-corrected chi connectivity index (χ3v) is 5.08. The number of nitrogens with zero attached hydrogens (tertiary/aromatic N) is 3. The summed E-state index contributed by atoms with van der Waals surface area (Å²) < 4.78 is 5.30. The van der Waals surface area contributed by atoms with Gasteiger partial charge in [-0.3, -0.25) is 14.7 Å². The van der Waals surface area contributed by atoms with Crippen LogP contribution in [0.2, 0.25) is 0 Å². The molecule has 0 unspecified atom stereocenters. The van der Waals surface area contributed by atoms with Gasteiger partial charge in [0.1, 0.15) is 37.2 Å². The number of anilines is 1. The number of nitrogens with one attached hydrogen (secondary N) is 1. The number of rotatable bonds is 4. The number of hydrogen-bond acceptors (Lipinski definition) is 5. The lowest BCUT2D eigenvalue weighted by molar-refractivity contribution is -0.118. The minimum Gasteiger partial charge on any atom is -0.379 e. The second-order valence-electron chi connectivity index (χ2n) is 7.15. The Bertz CT molecular complexity index is 1120. The average Bonchev–Trinajstić information content (AvgIpc) is 2.72. The van der Waals surface area contributed by atoms with E-state index in [1.165, 1.54) is 0 Å². The van der Waals surface area contributed by atoms with Crippen LogP contribution in [0.25, 0.3) is 21.9 Å². The molecule has 0 saturated carbocycles. The Hall–Kier alpha value is -2.57. The van der Waals surface area contributed by atoms with Gasteiger partial charge in [0.05, 0.1) is 19.8 Å². The molecule has 1 saturated heterocycles. The van der Waals surface area contributed by atoms with Gasteiger partial charge in [0.15, 0.2) is 0 Å². The van der Waals surface area contributed by atoms with Crippen LogP contribution in [0.1, 0.15) is 0 Å². The largest absolute Gasteiger partial charge is 0.379 e. The third-order valence-electron chi connectivity index (χ3n) is 5.08. The predicted molar refractivity (Wildman–Crippen MR) is 122 cm³/mol. The van der Waals surface area contributed by atoms with E-state index in [0.717, 1.165) is 29.4 Å². The maximum Gasteiger partial charge on any atom is 0.239 e. The fraction of sp³-hybridized carbons (Fsp3) is 0.250. The molecule has 8 radical (unpaired) electrons. The molecule has 0 bridgehead atoms. The molecule has 10 heteroatoms. The van der Waals surface area contributed by atoms with E-state index >= 15 is 0 Å². The van der Waals surface area contributed by atoms with Gasteiger partial charge in [0, 0.05) is 24.7 Å². The molecule has 3 aromatic rings. The number of pyridine rings is 2. The van der Waals surface area contributed by atoms with Crippen molar-refractivity contribution < 1.29 is 9.53 Å². The number of benzene rings is 1. The highest BCUT2D eigenvalue weighted by atomic mass is 16.5. The first-order chi connectivity index (χ1) is 14.4. The van der Waals surface area contributed by atoms with Gasteiger partial charge in [-0.05, 0) is 39.8 Å². The van der Waals surface area contributed by atoms with Gasteiger partial charge >= 0.3 is 0 Å². The highest BCUT2D eigenvalue weighted by molar-refractivity contribution is 6.59. The highest BCUT2D eigenvalue weighted by Gasteiger charge is 2.15. The van der Waals surface area contributed by atoms with E-state index in [9.17, 15) is 4.79 Å². The molecule has 2 aromatic heterocycles. The van der Waals surface area contributed by atoms with Gasteiger partial charge in [-0.15, -0.1) is 0 Å². The number of aromatic nitrogens is 2. The van der Waals surface area contributed by atoms with E-state index in [2.05, 4.69) is 15.3 Å². The van der Waals surface area contributed by atoms with Crippen molar-refractivity contribution in [1.82, 2.24) is 14.9 Å². The Morgan fingerprint density at radius 2 is 1.80 bits per heavy atom. The van der Waals surface area contributed by atoms with Crippen LogP contribution in [0.4, 0.5) is 5.82 Å². The standard InChI is InChI=1S/C20H16B4N4O2/c21-17-16(19(23)27-20(24)18(17)22)11-1-2-12-9-25-14(8-13(12)7-11)26-15(29)10-28-3-5-30-6-4-28/h1-2,7-9H,3-6,10H2,(H,25,26,29). The lowest BCUT2D eigenvalue weighted by Crippen LogP contribution is -2.47. The topological polar surface area (TPSA) is 67.4 Å². The summed E-state index contributed by atoms with van der Waals surface area (Å²) in [5.41, 5.74) is 2.06.